The molecule has 0 atom stereocenters. The summed E-state index contributed by atoms with van der Waals surface area (Å²) in [4.78, 5) is 14.4. The van der Waals surface area contributed by atoms with Crippen LogP contribution in [0.1, 0.15) is 13.3 Å². The number of nitrogens with zero attached hydrogens (tertiary/aromatic N) is 5. The van der Waals surface area contributed by atoms with Crippen LogP contribution < -0.4 is 5.32 Å². The van der Waals surface area contributed by atoms with Gasteiger partial charge in [-0.3, -0.25) is 0 Å². The van der Waals surface area contributed by atoms with Gasteiger partial charge in [0.05, 0.1) is 4.88 Å². The Morgan fingerprint density at radius 3 is 2.90 bits per heavy atom. The van der Waals surface area contributed by atoms with E-state index in [1.807, 2.05) is 23.7 Å². The van der Waals surface area contributed by atoms with E-state index >= 15 is 0 Å². The summed E-state index contributed by atoms with van der Waals surface area (Å²) in [5, 5.41) is 9.38. The molecular weight excluding hydrogens is 352 g/mol. The van der Waals surface area contributed by atoms with E-state index in [4.69, 9.17) is 0 Å². The van der Waals surface area contributed by atoms with Crippen molar-refractivity contribution >= 4 is 33.2 Å². The molecule has 0 saturated heterocycles. The average Bonchev–Trinajstić information content (AvgIpc) is 3.16. The maximum absolute atomic E-state index is 4.51. The number of anilines is 1. The van der Waals surface area contributed by atoms with Crippen LogP contribution in [0.15, 0.2) is 34.4 Å². The van der Waals surface area contributed by atoms with Crippen LogP contribution >= 0.6 is 27.3 Å². The highest BCUT2D eigenvalue weighted by Gasteiger charge is 2.13. The van der Waals surface area contributed by atoms with Crippen LogP contribution in [-0.2, 0) is 0 Å². The first-order valence-electron chi connectivity index (χ1n) is 6.51. The van der Waals surface area contributed by atoms with Crippen LogP contribution in [0.25, 0.3) is 16.6 Å². The van der Waals surface area contributed by atoms with Crippen LogP contribution in [0.5, 0.6) is 0 Å². The second-order valence-corrected chi connectivity index (χ2v) is 6.03. The molecule has 0 bridgehead atoms. The van der Waals surface area contributed by atoms with Crippen molar-refractivity contribution in [2.45, 2.75) is 13.3 Å². The molecule has 3 aromatic rings. The standard InChI is InChI=1S/C13H13BrN6S/c1-2-5-15-12-17-11(10-9(14)4-8-21-10)18-13(19-12)20-7-3-6-16-20/h3-4,6-8H,2,5H2,1H3,(H,15,17,18,19). The number of rotatable bonds is 5. The van der Waals surface area contributed by atoms with Gasteiger partial charge in [0.2, 0.25) is 5.95 Å². The smallest absolute Gasteiger partial charge is 0.255 e. The second kappa shape index (κ2) is 6.31. The first kappa shape index (κ1) is 14.2. The Hall–Kier alpha value is -1.80. The van der Waals surface area contributed by atoms with Crippen LogP contribution in [0.3, 0.4) is 0 Å². The normalized spacial score (nSPS) is 10.8. The van der Waals surface area contributed by atoms with Gasteiger partial charge in [0.1, 0.15) is 0 Å². The fraction of sp³-hybridized carbons (Fsp3) is 0.231. The summed E-state index contributed by atoms with van der Waals surface area (Å²) in [6.07, 6.45) is 4.51. The van der Waals surface area contributed by atoms with E-state index < -0.39 is 0 Å². The summed E-state index contributed by atoms with van der Waals surface area (Å²) in [6, 6.07) is 3.82. The molecule has 108 valence electrons. The fourth-order valence-electron chi connectivity index (χ4n) is 1.73. The van der Waals surface area contributed by atoms with Crippen molar-refractivity contribution in [1.29, 1.82) is 0 Å². The van der Waals surface area contributed by atoms with Crippen LogP contribution in [0, 0.1) is 0 Å². The van der Waals surface area contributed by atoms with Crippen LogP contribution in [0.2, 0.25) is 0 Å². The summed E-state index contributed by atoms with van der Waals surface area (Å²) < 4.78 is 2.61. The molecule has 1 N–H and O–H groups in total. The summed E-state index contributed by atoms with van der Waals surface area (Å²) in [6.45, 7) is 2.91. The largest absolute Gasteiger partial charge is 0.354 e. The Bertz CT molecular complexity index is 724. The van der Waals surface area contributed by atoms with Gasteiger partial charge in [-0.2, -0.15) is 20.1 Å². The van der Waals surface area contributed by atoms with Crippen molar-refractivity contribution < 1.29 is 0 Å². The maximum atomic E-state index is 4.51. The maximum Gasteiger partial charge on any atom is 0.255 e. The van der Waals surface area contributed by atoms with Crippen molar-refractivity contribution in [1.82, 2.24) is 24.7 Å². The molecule has 8 heteroatoms. The second-order valence-electron chi connectivity index (χ2n) is 4.26. The van der Waals surface area contributed by atoms with Crippen LogP contribution in [0.4, 0.5) is 5.95 Å². The zero-order chi connectivity index (χ0) is 14.7. The lowest BCUT2D eigenvalue weighted by Crippen LogP contribution is -2.10. The fourth-order valence-corrected chi connectivity index (χ4v) is 3.21. The molecule has 0 saturated carbocycles. The first-order valence-corrected chi connectivity index (χ1v) is 8.18. The molecule has 0 radical (unpaired) electrons. The molecule has 0 aliphatic heterocycles. The molecule has 3 aromatic heterocycles. The number of halogens is 1. The third kappa shape index (κ3) is 3.11. The minimum atomic E-state index is 0.504. The monoisotopic (exact) mass is 364 g/mol. The van der Waals surface area contributed by atoms with E-state index in [0.717, 1.165) is 22.3 Å². The van der Waals surface area contributed by atoms with Gasteiger partial charge >= 0.3 is 0 Å². The van der Waals surface area contributed by atoms with Gasteiger partial charge in [0, 0.05) is 23.4 Å². The predicted octanol–water partition coefficient (Wildman–Crippen LogP) is 3.37. The lowest BCUT2D eigenvalue weighted by molar-refractivity contribution is 0.796. The van der Waals surface area contributed by atoms with Gasteiger partial charge in [0.25, 0.3) is 5.95 Å². The van der Waals surface area contributed by atoms with Gasteiger partial charge in [-0.25, -0.2) is 4.68 Å². The van der Waals surface area contributed by atoms with Crippen molar-refractivity contribution in [2.24, 2.45) is 0 Å². The van der Waals surface area contributed by atoms with E-state index in [0.29, 0.717) is 17.7 Å². The molecule has 6 nitrogen and oxygen atoms in total. The summed E-state index contributed by atoms with van der Waals surface area (Å²) >= 11 is 5.10. The molecule has 0 fully saturated rings. The molecule has 3 rings (SSSR count). The van der Waals surface area contributed by atoms with E-state index in [2.05, 4.69) is 48.2 Å². The Kier molecular flexibility index (Phi) is 4.26. The minimum absolute atomic E-state index is 0.504. The minimum Gasteiger partial charge on any atom is -0.354 e. The molecular formula is C13H13BrN6S. The van der Waals surface area contributed by atoms with Crippen molar-refractivity contribution in [2.75, 3.05) is 11.9 Å². The molecule has 0 aliphatic carbocycles. The van der Waals surface area contributed by atoms with E-state index in [-0.39, 0.29) is 0 Å². The highest BCUT2D eigenvalue weighted by molar-refractivity contribution is 9.10. The predicted molar refractivity (Wildman–Crippen MR) is 86.7 cm³/mol. The van der Waals surface area contributed by atoms with Crippen molar-refractivity contribution in [3.63, 3.8) is 0 Å². The summed E-state index contributed by atoms with van der Waals surface area (Å²) in [5.41, 5.74) is 0. The third-order valence-electron chi connectivity index (χ3n) is 2.69. The van der Waals surface area contributed by atoms with Gasteiger partial charge in [-0.05, 0) is 39.9 Å². The summed E-state index contributed by atoms with van der Waals surface area (Å²) in [5.74, 6) is 1.70. The van der Waals surface area contributed by atoms with Gasteiger partial charge in [-0.15, -0.1) is 11.3 Å². The molecule has 3 heterocycles. The highest BCUT2D eigenvalue weighted by atomic mass is 79.9. The first-order chi connectivity index (χ1) is 10.3. The molecule has 21 heavy (non-hydrogen) atoms. The zero-order valence-corrected chi connectivity index (χ0v) is 13.7. The molecule has 0 aromatic carbocycles. The van der Waals surface area contributed by atoms with Crippen LogP contribution in [-0.4, -0.2) is 31.3 Å². The highest BCUT2D eigenvalue weighted by Crippen LogP contribution is 2.31. The Morgan fingerprint density at radius 1 is 1.33 bits per heavy atom. The quantitative estimate of drug-likeness (QED) is 0.751. The van der Waals surface area contributed by atoms with Crippen molar-refractivity contribution in [3.05, 3.63) is 34.4 Å². The number of aromatic nitrogens is 5. The SMILES string of the molecule is CCCNc1nc(-c2sccc2Br)nc(-n2cccn2)n1. The average molecular weight is 365 g/mol. The molecule has 0 amide bonds. The van der Waals surface area contributed by atoms with Crippen molar-refractivity contribution in [3.8, 4) is 16.6 Å². The zero-order valence-electron chi connectivity index (χ0n) is 11.3. The number of hydrogen-bond donors (Lipinski definition) is 1. The van der Waals surface area contributed by atoms with Gasteiger partial charge in [-0.1, -0.05) is 6.92 Å². The molecule has 0 spiro atoms. The summed E-state index contributed by atoms with van der Waals surface area (Å²) in [7, 11) is 0. The van der Waals surface area contributed by atoms with E-state index in [1.165, 1.54) is 0 Å². The Morgan fingerprint density at radius 2 is 2.24 bits per heavy atom. The number of nitrogens with one attached hydrogen (secondary N) is 1. The Labute approximate surface area is 134 Å². The van der Waals surface area contributed by atoms with E-state index in [1.54, 1.807) is 22.2 Å². The number of thiophene rings is 1. The lowest BCUT2D eigenvalue weighted by Gasteiger charge is -2.07. The van der Waals surface area contributed by atoms with Gasteiger partial charge in [0.15, 0.2) is 5.82 Å². The number of hydrogen-bond acceptors (Lipinski definition) is 6. The van der Waals surface area contributed by atoms with Gasteiger partial charge < -0.3 is 5.32 Å². The lowest BCUT2D eigenvalue weighted by atomic mass is 10.4. The van der Waals surface area contributed by atoms with E-state index in [9.17, 15) is 0 Å². The molecule has 0 aliphatic rings. The third-order valence-corrected chi connectivity index (χ3v) is 4.52. The topological polar surface area (TPSA) is 68.5 Å². The Balaban J connectivity index is 2.07. The molecule has 0 unspecified atom stereocenters.